The van der Waals surface area contributed by atoms with E-state index in [-0.39, 0.29) is 11.9 Å². The van der Waals surface area contributed by atoms with Crippen LogP contribution in [0.4, 0.5) is 0 Å². The van der Waals surface area contributed by atoms with Crippen LogP contribution in [-0.2, 0) is 5.75 Å². The van der Waals surface area contributed by atoms with Gasteiger partial charge in [0.15, 0.2) is 0 Å². The van der Waals surface area contributed by atoms with Gasteiger partial charge in [-0.25, -0.2) is 4.98 Å². The van der Waals surface area contributed by atoms with E-state index >= 15 is 0 Å². The SMILES string of the molecule is O=C(NC1CCCCC1)c1cccc(CSc2cccc(Cl)c2Cl)n1. The van der Waals surface area contributed by atoms with Gasteiger partial charge < -0.3 is 5.32 Å². The number of pyridine rings is 1. The third-order valence-corrected chi connectivity index (χ3v) is 6.29. The normalized spacial score (nSPS) is 15.1. The molecule has 132 valence electrons. The maximum absolute atomic E-state index is 12.4. The van der Waals surface area contributed by atoms with E-state index in [9.17, 15) is 4.79 Å². The number of halogens is 2. The number of benzene rings is 1. The monoisotopic (exact) mass is 394 g/mol. The first-order valence-corrected chi connectivity index (χ1v) is 10.2. The Morgan fingerprint density at radius 2 is 1.88 bits per heavy atom. The Morgan fingerprint density at radius 3 is 2.68 bits per heavy atom. The summed E-state index contributed by atoms with van der Waals surface area (Å²) in [6.45, 7) is 0. The second kappa shape index (κ2) is 8.93. The van der Waals surface area contributed by atoms with Crippen molar-refractivity contribution in [1.82, 2.24) is 10.3 Å². The Balaban J connectivity index is 1.62. The molecule has 0 radical (unpaired) electrons. The fourth-order valence-corrected chi connectivity index (χ4v) is 4.34. The van der Waals surface area contributed by atoms with Gasteiger partial charge in [-0.15, -0.1) is 11.8 Å². The Bertz CT molecular complexity index is 748. The Labute approximate surface area is 162 Å². The van der Waals surface area contributed by atoms with Gasteiger partial charge in [0.1, 0.15) is 5.69 Å². The number of hydrogen-bond donors (Lipinski definition) is 1. The number of carbonyl (C=O) groups is 1. The van der Waals surface area contributed by atoms with Crippen molar-refractivity contribution in [2.45, 2.75) is 48.8 Å². The van der Waals surface area contributed by atoms with Gasteiger partial charge in [-0.05, 0) is 37.1 Å². The molecule has 0 aliphatic heterocycles. The average Bonchev–Trinajstić information content (AvgIpc) is 2.64. The molecule has 1 amide bonds. The van der Waals surface area contributed by atoms with Gasteiger partial charge in [0.05, 0.1) is 15.7 Å². The number of thioether (sulfide) groups is 1. The molecular weight excluding hydrogens is 375 g/mol. The lowest BCUT2D eigenvalue weighted by Crippen LogP contribution is -2.36. The molecule has 1 N–H and O–H groups in total. The van der Waals surface area contributed by atoms with Crippen LogP contribution in [0, 0.1) is 0 Å². The first-order chi connectivity index (χ1) is 12.1. The van der Waals surface area contributed by atoms with E-state index in [4.69, 9.17) is 23.2 Å². The van der Waals surface area contributed by atoms with Gasteiger partial charge in [-0.3, -0.25) is 4.79 Å². The Morgan fingerprint density at radius 1 is 1.12 bits per heavy atom. The molecule has 1 fully saturated rings. The van der Waals surface area contributed by atoms with E-state index < -0.39 is 0 Å². The molecule has 0 spiro atoms. The molecule has 1 aliphatic carbocycles. The maximum Gasteiger partial charge on any atom is 0.270 e. The van der Waals surface area contributed by atoms with E-state index in [1.807, 2.05) is 24.3 Å². The molecule has 0 unspecified atom stereocenters. The number of aromatic nitrogens is 1. The molecule has 1 saturated carbocycles. The molecule has 3 rings (SSSR count). The zero-order valence-corrected chi connectivity index (χ0v) is 16.1. The van der Waals surface area contributed by atoms with E-state index in [1.165, 1.54) is 19.3 Å². The third-order valence-electron chi connectivity index (χ3n) is 4.27. The summed E-state index contributed by atoms with van der Waals surface area (Å²) in [5.41, 5.74) is 1.32. The second-order valence-corrected chi connectivity index (χ2v) is 7.97. The van der Waals surface area contributed by atoms with Crippen molar-refractivity contribution < 1.29 is 4.79 Å². The number of amides is 1. The van der Waals surface area contributed by atoms with Crippen molar-refractivity contribution in [3.8, 4) is 0 Å². The number of rotatable bonds is 5. The van der Waals surface area contributed by atoms with Gasteiger partial charge >= 0.3 is 0 Å². The predicted molar refractivity (Wildman–Crippen MR) is 105 cm³/mol. The molecule has 0 saturated heterocycles. The number of carbonyl (C=O) groups excluding carboxylic acids is 1. The summed E-state index contributed by atoms with van der Waals surface area (Å²) in [4.78, 5) is 17.8. The van der Waals surface area contributed by atoms with Gasteiger partial charge in [0, 0.05) is 16.7 Å². The van der Waals surface area contributed by atoms with Crippen LogP contribution in [0.1, 0.15) is 48.3 Å². The summed E-state index contributed by atoms with van der Waals surface area (Å²) in [7, 11) is 0. The predicted octanol–water partition coefficient (Wildman–Crippen LogP) is 5.74. The van der Waals surface area contributed by atoms with Crippen molar-refractivity contribution in [3.05, 3.63) is 57.8 Å². The lowest BCUT2D eigenvalue weighted by atomic mass is 9.95. The van der Waals surface area contributed by atoms with Gasteiger partial charge in [-0.1, -0.05) is 54.6 Å². The van der Waals surface area contributed by atoms with Crippen LogP contribution in [0.5, 0.6) is 0 Å². The highest BCUT2D eigenvalue weighted by atomic mass is 35.5. The molecule has 1 aromatic heterocycles. The zero-order valence-electron chi connectivity index (χ0n) is 13.8. The van der Waals surface area contributed by atoms with Crippen LogP contribution in [0.15, 0.2) is 41.3 Å². The summed E-state index contributed by atoms with van der Waals surface area (Å²) >= 11 is 13.8. The van der Waals surface area contributed by atoms with Crippen molar-refractivity contribution in [1.29, 1.82) is 0 Å². The van der Waals surface area contributed by atoms with Crippen LogP contribution < -0.4 is 5.32 Å². The molecule has 1 aliphatic rings. The molecule has 0 atom stereocenters. The largest absolute Gasteiger partial charge is 0.348 e. The minimum absolute atomic E-state index is 0.0838. The molecule has 0 bridgehead atoms. The van der Waals surface area contributed by atoms with Gasteiger partial charge in [0.2, 0.25) is 0 Å². The lowest BCUT2D eigenvalue weighted by molar-refractivity contribution is 0.0922. The van der Waals surface area contributed by atoms with Crippen molar-refractivity contribution in [2.24, 2.45) is 0 Å². The van der Waals surface area contributed by atoms with Gasteiger partial charge in [-0.2, -0.15) is 0 Å². The minimum Gasteiger partial charge on any atom is -0.348 e. The molecular formula is C19H20Cl2N2OS. The van der Waals surface area contributed by atoms with Gasteiger partial charge in [0.25, 0.3) is 5.91 Å². The maximum atomic E-state index is 12.4. The van der Waals surface area contributed by atoms with E-state index in [0.29, 0.717) is 21.5 Å². The summed E-state index contributed by atoms with van der Waals surface area (Å²) in [5, 5.41) is 4.20. The fourth-order valence-electron chi connectivity index (χ4n) is 2.94. The van der Waals surface area contributed by atoms with Crippen molar-refractivity contribution in [2.75, 3.05) is 0 Å². The topological polar surface area (TPSA) is 42.0 Å². The van der Waals surface area contributed by atoms with E-state index in [1.54, 1.807) is 23.9 Å². The molecule has 6 heteroatoms. The smallest absolute Gasteiger partial charge is 0.270 e. The van der Waals surface area contributed by atoms with Crippen molar-refractivity contribution in [3.63, 3.8) is 0 Å². The summed E-state index contributed by atoms with van der Waals surface area (Å²) in [6, 6.07) is 11.4. The number of nitrogens with one attached hydrogen (secondary N) is 1. The highest BCUT2D eigenvalue weighted by molar-refractivity contribution is 7.98. The number of nitrogens with zero attached hydrogens (tertiary/aromatic N) is 1. The Kier molecular flexibility index (Phi) is 6.63. The van der Waals surface area contributed by atoms with Crippen LogP contribution in [0.3, 0.4) is 0 Å². The average molecular weight is 395 g/mol. The molecule has 1 heterocycles. The molecule has 1 aromatic carbocycles. The number of hydrogen-bond acceptors (Lipinski definition) is 3. The Hall–Kier alpha value is -1.23. The quantitative estimate of drug-likeness (QED) is 0.656. The second-order valence-electron chi connectivity index (χ2n) is 6.16. The van der Waals surface area contributed by atoms with Crippen molar-refractivity contribution >= 4 is 40.9 Å². The standard InChI is InChI=1S/C19H20Cl2N2OS/c20-15-9-5-11-17(18(15)21)25-12-14-8-4-10-16(22-14)19(24)23-13-6-2-1-3-7-13/h4-5,8-11,13H,1-3,6-7,12H2,(H,23,24). The molecule has 2 aromatic rings. The van der Waals surface area contributed by atoms with E-state index in [2.05, 4.69) is 10.3 Å². The highest BCUT2D eigenvalue weighted by Crippen LogP contribution is 2.34. The van der Waals surface area contributed by atoms with Crippen LogP contribution in [0.25, 0.3) is 0 Å². The van der Waals surface area contributed by atoms with Crippen LogP contribution in [-0.4, -0.2) is 16.9 Å². The lowest BCUT2D eigenvalue weighted by Gasteiger charge is -2.22. The minimum atomic E-state index is -0.0838. The highest BCUT2D eigenvalue weighted by Gasteiger charge is 2.17. The molecule has 3 nitrogen and oxygen atoms in total. The van der Waals surface area contributed by atoms with Crippen LogP contribution in [0.2, 0.25) is 10.0 Å². The van der Waals surface area contributed by atoms with Crippen LogP contribution >= 0.6 is 35.0 Å². The first-order valence-electron chi connectivity index (χ1n) is 8.47. The fraction of sp³-hybridized carbons (Fsp3) is 0.368. The zero-order chi connectivity index (χ0) is 17.6. The summed E-state index contributed by atoms with van der Waals surface area (Å²) < 4.78 is 0. The third kappa shape index (κ3) is 5.13. The molecule has 25 heavy (non-hydrogen) atoms. The summed E-state index contributed by atoms with van der Waals surface area (Å²) in [5.74, 6) is 0.546. The van der Waals surface area contributed by atoms with E-state index in [0.717, 1.165) is 23.4 Å². The summed E-state index contributed by atoms with van der Waals surface area (Å²) in [6.07, 6.45) is 5.78. The first kappa shape index (κ1) is 18.6.